The molecule has 2 unspecified atom stereocenters. The van der Waals surface area contributed by atoms with Crippen molar-refractivity contribution in [1.82, 2.24) is 19.6 Å². The average Bonchev–Trinajstić information content (AvgIpc) is 4.17. The van der Waals surface area contributed by atoms with Crippen molar-refractivity contribution in [3.05, 3.63) is 129 Å². The number of fused-ring (bicyclic) bond motifs is 2. The van der Waals surface area contributed by atoms with Gasteiger partial charge < -0.3 is 29.2 Å². The highest BCUT2D eigenvalue weighted by atomic mass is 35.5. The molecule has 4 aromatic rings. The minimum Gasteiger partial charge on any atom is -0.494 e. The van der Waals surface area contributed by atoms with E-state index in [4.69, 9.17) is 26.9 Å². The molecule has 5 aliphatic heterocycles. The molecule has 8 nitrogen and oxygen atoms in total. The first kappa shape index (κ1) is 53.3. The molecule has 0 spiro atoms. The predicted octanol–water partition coefficient (Wildman–Crippen LogP) is 12.7. The van der Waals surface area contributed by atoms with Crippen molar-refractivity contribution in [2.75, 3.05) is 91.0 Å². The van der Waals surface area contributed by atoms with Crippen molar-refractivity contribution >= 4 is 17.3 Å². The fourth-order valence-electron chi connectivity index (χ4n) is 15.5. The Balaban J connectivity index is 0.000000174. The lowest BCUT2D eigenvalue weighted by molar-refractivity contribution is 0.0394. The van der Waals surface area contributed by atoms with E-state index >= 15 is 4.39 Å². The molecule has 11 rings (SSSR count). The molecule has 0 bridgehead atoms. The summed E-state index contributed by atoms with van der Waals surface area (Å²) in [5.41, 5.74) is 8.07. The first-order valence-corrected chi connectivity index (χ1v) is 28.8. The molecular weight excluding hydrogens is 925 g/mol. The molecule has 5 heterocycles. The number of halogens is 2. The van der Waals surface area contributed by atoms with Crippen LogP contribution in [0.5, 0.6) is 5.75 Å². The molecule has 7 aliphatic rings. The molecule has 390 valence electrons. The Morgan fingerprint density at radius 1 is 0.616 bits per heavy atom. The van der Waals surface area contributed by atoms with Gasteiger partial charge in [-0.2, -0.15) is 10.5 Å². The highest BCUT2D eigenvalue weighted by Gasteiger charge is 2.54. The van der Waals surface area contributed by atoms with Crippen molar-refractivity contribution in [2.24, 2.45) is 29.6 Å². The number of hydrogen-bond donors (Lipinski definition) is 0. The van der Waals surface area contributed by atoms with Crippen molar-refractivity contribution in [3.63, 3.8) is 0 Å². The van der Waals surface area contributed by atoms with Gasteiger partial charge in [0.2, 0.25) is 0 Å². The van der Waals surface area contributed by atoms with E-state index in [1.807, 2.05) is 56.3 Å². The Hall–Kier alpha value is -4.48. The predicted molar refractivity (Wildman–Crippen MR) is 296 cm³/mol. The number of likely N-dealkylation sites (tertiary alicyclic amines) is 2. The van der Waals surface area contributed by atoms with Gasteiger partial charge in [0.15, 0.2) is 0 Å². The van der Waals surface area contributed by atoms with Gasteiger partial charge in [0.1, 0.15) is 11.6 Å². The summed E-state index contributed by atoms with van der Waals surface area (Å²) in [5.74, 6) is 4.22. The molecule has 73 heavy (non-hydrogen) atoms. The summed E-state index contributed by atoms with van der Waals surface area (Å²) >= 11 is 6.99. The van der Waals surface area contributed by atoms with Crippen LogP contribution in [0.25, 0.3) is 0 Å². The van der Waals surface area contributed by atoms with Crippen LogP contribution in [0.15, 0.2) is 84.9 Å². The smallest absolute Gasteiger partial charge is 0.127 e. The number of benzene rings is 4. The molecular formula is C63H83ClFN7O. The maximum absolute atomic E-state index is 15.6. The second-order valence-corrected chi connectivity index (χ2v) is 23.3. The van der Waals surface area contributed by atoms with Gasteiger partial charge in [-0.25, -0.2) is 4.39 Å². The largest absolute Gasteiger partial charge is 0.494 e. The van der Waals surface area contributed by atoms with Crippen molar-refractivity contribution in [3.8, 4) is 17.9 Å². The third kappa shape index (κ3) is 11.5. The third-order valence-corrected chi connectivity index (χ3v) is 18.9. The second-order valence-electron chi connectivity index (χ2n) is 22.9. The van der Waals surface area contributed by atoms with Crippen LogP contribution in [-0.2, 0) is 23.9 Å². The quantitative estimate of drug-likeness (QED) is 0.130. The zero-order valence-corrected chi connectivity index (χ0v) is 45.4. The number of hydrogen-bond acceptors (Lipinski definition) is 8. The molecule has 5 fully saturated rings. The zero-order chi connectivity index (χ0) is 51.0. The van der Waals surface area contributed by atoms with Gasteiger partial charge in [-0.15, -0.1) is 0 Å². The van der Waals surface area contributed by atoms with Crippen LogP contribution in [0, 0.1) is 58.1 Å². The topological polar surface area (TPSA) is 73.0 Å². The van der Waals surface area contributed by atoms with Crippen LogP contribution < -0.4 is 9.64 Å². The Morgan fingerprint density at radius 2 is 1.10 bits per heavy atom. The fraction of sp³-hybridized carbons (Fsp3) is 0.587. The monoisotopic (exact) mass is 1010 g/mol. The van der Waals surface area contributed by atoms with Crippen LogP contribution >= 0.6 is 11.6 Å². The first-order valence-electron chi connectivity index (χ1n) is 28.4. The van der Waals surface area contributed by atoms with E-state index in [2.05, 4.69) is 87.1 Å². The summed E-state index contributed by atoms with van der Waals surface area (Å²) < 4.78 is 21.5. The first-order chi connectivity index (χ1) is 35.7. The number of nitriles is 2. The molecule has 4 aromatic carbocycles. The van der Waals surface area contributed by atoms with Gasteiger partial charge in [-0.1, -0.05) is 75.4 Å². The average molecular weight is 1010 g/mol. The number of nitrogens with zero attached hydrogens (tertiary/aromatic N) is 7. The molecule has 0 aromatic heterocycles. The molecule has 2 atom stereocenters. The molecule has 10 heteroatoms. The standard InChI is InChI=1S/C31H39FN4.C30H38ClN3O.C2H6/c1-34-21-25-5-4-8-29(32)30(25)31(22-34,26-6-2-3-7-26)27-13-15-35(16-14-27)18-24-19-36(20-24)28-11-9-23(17-33)10-12-28;1-33-21-24-6-4-9-28(31)29(24)30(22-33,25-7-2-3-8-25)26-14-17-34(18-15-26)16-5-19-35-27-12-10-23(20-32)11-13-27;1-2/h4-5,8-12,24,26-27H,2-3,6-7,13-16,18-22H2,1H3;4,6,9-13,25-26H,2-3,5,7-8,14-19,21-22H2,1H3;1-2H3. The molecule has 2 aliphatic carbocycles. The van der Waals surface area contributed by atoms with Gasteiger partial charge in [-0.3, -0.25) is 0 Å². The summed E-state index contributed by atoms with van der Waals surface area (Å²) in [6, 6.07) is 32.1. The Labute approximate surface area is 443 Å². The number of ether oxygens (including phenoxy) is 1. The number of anilines is 1. The molecule has 0 radical (unpaired) electrons. The van der Waals surface area contributed by atoms with Crippen LogP contribution in [0.2, 0.25) is 5.02 Å². The highest BCUT2D eigenvalue weighted by Crippen LogP contribution is 2.56. The van der Waals surface area contributed by atoms with Crippen molar-refractivity contribution in [1.29, 1.82) is 10.5 Å². The van der Waals surface area contributed by atoms with E-state index in [9.17, 15) is 0 Å². The Bertz CT molecular complexity index is 2490. The maximum Gasteiger partial charge on any atom is 0.127 e. The molecule has 0 amide bonds. The molecule has 3 saturated heterocycles. The summed E-state index contributed by atoms with van der Waals surface area (Å²) in [6.45, 7) is 17.8. The lowest BCUT2D eigenvalue weighted by Crippen LogP contribution is -2.57. The maximum atomic E-state index is 15.6. The van der Waals surface area contributed by atoms with E-state index in [-0.39, 0.29) is 16.6 Å². The third-order valence-electron chi connectivity index (χ3n) is 18.6. The van der Waals surface area contributed by atoms with Crippen LogP contribution in [0.1, 0.15) is 131 Å². The highest BCUT2D eigenvalue weighted by molar-refractivity contribution is 6.31. The number of likely N-dealkylation sites (N-methyl/N-ethyl adjacent to an activating group) is 2. The Kier molecular flexibility index (Phi) is 17.9. The van der Waals surface area contributed by atoms with Crippen molar-refractivity contribution in [2.45, 2.75) is 121 Å². The van der Waals surface area contributed by atoms with Gasteiger partial charge in [0, 0.05) is 85.4 Å². The van der Waals surface area contributed by atoms with Crippen molar-refractivity contribution < 1.29 is 9.13 Å². The molecule has 2 saturated carbocycles. The fourth-order valence-corrected chi connectivity index (χ4v) is 15.9. The minimum atomic E-state index is -0.0286. The Morgan fingerprint density at radius 3 is 1.64 bits per heavy atom. The van der Waals surface area contributed by atoms with E-state index < -0.39 is 0 Å². The van der Waals surface area contributed by atoms with E-state index in [1.54, 1.807) is 6.07 Å². The van der Waals surface area contributed by atoms with Gasteiger partial charge in [-0.05, 0) is 199 Å². The summed E-state index contributed by atoms with van der Waals surface area (Å²) in [5, 5.41) is 19.0. The van der Waals surface area contributed by atoms with E-state index in [0.29, 0.717) is 35.8 Å². The van der Waals surface area contributed by atoms with Crippen LogP contribution in [0.3, 0.4) is 0 Å². The number of rotatable bonds is 12. The van der Waals surface area contributed by atoms with Crippen LogP contribution in [-0.4, -0.2) is 106 Å². The lowest BCUT2D eigenvalue weighted by Gasteiger charge is -2.54. The number of piperidine rings is 2. The second kappa shape index (κ2) is 24.5. The van der Waals surface area contributed by atoms with Gasteiger partial charge in [0.05, 0.1) is 29.9 Å². The summed E-state index contributed by atoms with van der Waals surface area (Å²) in [7, 11) is 4.54. The normalized spacial score (nSPS) is 24.8. The van der Waals surface area contributed by atoms with Gasteiger partial charge >= 0.3 is 0 Å². The minimum absolute atomic E-state index is 0.0286. The zero-order valence-electron chi connectivity index (χ0n) is 44.6. The summed E-state index contributed by atoms with van der Waals surface area (Å²) in [6.07, 6.45) is 16.5. The van der Waals surface area contributed by atoms with Crippen LogP contribution in [0.4, 0.5) is 10.1 Å². The lowest BCUT2D eigenvalue weighted by atomic mass is 9.57. The SMILES string of the molecule is CC.CN1Cc2cccc(Cl)c2C(C2CCCC2)(C2CCN(CCCOc3ccc(C#N)cc3)CC2)C1.CN1Cc2cccc(F)c2C(C2CCCC2)(C2CCN(CC3CN(c4ccc(C#N)cc4)C3)CC2)C1. The molecule has 0 N–H and O–H groups in total. The van der Waals surface area contributed by atoms with E-state index in [1.165, 1.54) is 119 Å². The van der Waals surface area contributed by atoms with E-state index in [0.717, 1.165) is 93.1 Å². The van der Waals surface area contributed by atoms with Gasteiger partial charge in [0.25, 0.3) is 0 Å². The summed E-state index contributed by atoms with van der Waals surface area (Å²) in [4.78, 5) is 12.8.